The maximum Gasteiger partial charge on any atom is 0.343 e. The average molecular weight is 1160 g/mol. The van der Waals surface area contributed by atoms with Gasteiger partial charge in [0, 0.05) is 80.7 Å². The molecule has 1 amide bonds. The summed E-state index contributed by atoms with van der Waals surface area (Å²) in [6.07, 6.45) is 10.9. The summed E-state index contributed by atoms with van der Waals surface area (Å²) in [4.78, 5) is 82.9. The maximum atomic E-state index is 13.1. The van der Waals surface area contributed by atoms with Crippen LogP contribution >= 0.6 is 11.6 Å². The van der Waals surface area contributed by atoms with Crippen molar-refractivity contribution in [2.24, 2.45) is 17.8 Å². The predicted octanol–water partition coefficient (Wildman–Crippen LogP) is 14.2. The SMILES string of the molecule is CC(C)CC(CO)n1ccc2c(NC(=O)[C@H](C)c3ccc(Cl)cc3)cccc2c1=O.CCC(CC(C)C)n1ccc2c(N)cccc2c1=O.CCC(CC(C)C)n1ccc2c([N+](=O)[O-])cccc2c1=O.O=c1occc2c([N+](=O)[O-])cccc12. The second-order valence-electron chi connectivity index (χ2n) is 22.0. The molecular weight excluding hydrogens is 1090 g/mol. The number of hydrogen-bond acceptors (Lipinski definition) is 12. The zero-order valence-corrected chi connectivity index (χ0v) is 49.6. The van der Waals surface area contributed by atoms with Gasteiger partial charge in [-0.15, -0.1) is 0 Å². The number of nitrogens with zero attached hydrogens (tertiary/aromatic N) is 5. The van der Waals surface area contributed by atoms with E-state index in [0.29, 0.717) is 72.9 Å². The highest BCUT2D eigenvalue weighted by molar-refractivity contribution is 6.30. The van der Waals surface area contributed by atoms with E-state index in [2.05, 4.69) is 65.1 Å². The average Bonchev–Trinajstić information content (AvgIpc) is 3.31. The molecule has 0 spiro atoms. The number of halogens is 1. The molecule has 0 aliphatic rings. The third kappa shape index (κ3) is 15.7. The number of aromatic nitrogens is 3. The molecular formula is C65H74ClN7O11. The van der Waals surface area contributed by atoms with Gasteiger partial charge in [-0.05, 0) is 135 Å². The van der Waals surface area contributed by atoms with Crippen LogP contribution in [0.3, 0.4) is 0 Å². The molecule has 0 saturated carbocycles. The highest BCUT2D eigenvalue weighted by Crippen LogP contribution is 2.29. The van der Waals surface area contributed by atoms with Crippen molar-refractivity contribution in [1.82, 2.24) is 13.7 Å². The van der Waals surface area contributed by atoms with Crippen LogP contribution in [0.2, 0.25) is 5.02 Å². The first-order valence-corrected chi connectivity index (χ1v) is 28.5. The van der Waals surface area contributed by atoms with Crippen LogP contribution in [0.25, 0.3) is 43.1 Å². The lowest BCUT2D eigenvalue weighted by Gasteiger charge is -2.20. The number of aliphatic hydroxyl groups is 1. The van der Waals surface area contributed by atoms with Crippen LogP contribution in [0.4, 0.5) is 22.7 Å². The van der Waals surface area contributed by atoms with Crippen molar-refractivity contribution in [3.63, 3.8) is 0 Å². The van der Waals surface area contributed by atoms with Gasteiger partial charge in [0.25, 0.3) is 28.1 Å². The van der Waals surface area contributed by atoms with Crippen molar-refractivity contribution < 1.29 is 24.2 Å². The predicted molar refractivity (Wildman–Crippen MR) is 336 cm³/mol. The van der Waals surface area contributed by atoms with Gasteiger partial charge in [0.1, 0.15) is 0 Å². The lowest BCUT2D eigenvalue weighted by atomic mass is 10.00. The first-order valence-electron chi connectivity index (χ1n) is 28.1. The van der Waals surface area contributed by atoms with Gasteiger partial charge in [0.15, 0.2) is 0 Å². The first-order chi connectivity index (χ1) is 40.0. The molecule has 4 heterocycles. The molecule has 9 rings (SSSR count). The molecule has 0 radical (unpaired) electrons. The molecule has 4 N–H and O–H groups in total. The Balaban J connectivity index is 0.000000186. The van der Waals surface area contributed by atoms with E-state index < -0.39 is 15.5 Å². The number of nitrogens with two attached hydrogens (primary N) is 1. The van der Waals surface area contributed by atoms with Gasteiger partial charge in [-0.1, -0.05) is 103 Å². The summed E-state index contributed by atoms with van der Waals surface area (Å²) in [5.41, 5.74) is 7.11. The van der Waals surface area contributed by atoms with Gasteiger partial charge in [0.05, 0.1) is 56.2 Å². The number of pyridine rings is 3. The van der Waals surface area contributed by atoms with E-state index in [4.69, 9.17) is 17.3 Å². The zero-order chi connectivity index (χ0) is 61.5. The lowest BCUT2D eigenvalue weighted by Crippen LogP contribution is -2.28. The van der Waals surface area contributed by atoms with Gasteiger partial charge < -0.3 is 34.3 Å². The number of aliphatic hydroxyl groups excluding tert-OH is 1. The van der Waals surface area contributed by atoms with Crippen LogP contribution < -0.4 is 33.4 Å². The molecule has 0 bridgehead atoms. The smallest absolute Gasteiger partial charge is 0.343 e. The third-order valence-electron chi connectivity index (χ3n) is 14.6. The fraction of sp³-hybridized carbons (Fsp3) is 0.338. The monoisotopic (exact) mass is 1160 g/mol. The second kappa shape index (κ2) is 29.5. The number of hydrogen-bond donors (Lipinski definition) is 3. The summed E-state index contributed by atoms with van der Waals surface area (Å²) in [5.74, 6) is 0.880. The molecule has 5 aromatic carbocycles. The van der Waals surface area contributed by atoms with Crippen molar-refractivity contribution in [2.75, 3.05) is 17.7 Å². The number of non-ortho nitro benzene ring substituents is 2. The number of nitrogens with one attached hydrogen (secondary N) is 1. The minimum atomic E-state index is -0.564. The quantitative estimate of drug-likeness (QED) is 0.0437. The fourth-order valence-corrected chi connectivity index (χ4v) is 10.4. The Bertz CT molecular complexity index is 4020. The maximum absolute atomic E-state index is 13.1. The number of benzene rings is 5. The van der Waals surface area contributed by atoms with Gasteiger partial charge in [-0.25, -0.2) is 4.79 Å². The van der Waals surface area contributed by atoms with Crippen molar-refractivity contribution in [3.8, 4) is 0 Å². The molecule has 4 aromatic heterocycles. The van der Waals surface area contributed by atoms with Crippen LogP contribution in [0.15, 0.2) is 170 Å². The summed E-state index contributed by atoms with van der Waals surface area (Å²) in [6.45, 7) is 18.7. The number of amides is 1. The van der Waals surface area contributed by atoms with E-state index in [1.807, 2.05) is 60.2 Å². The zero-order valence-electron chi connectivity index (χ0n) is 48.9. The Hall–Kier alpha value is -8.74. The number of rotatable bonds is 17. The summed E-state index contributed by atoms with van der Waals surface area (Å²) in [7, 11) is 0. The van der Waals surface area contributed by atoms with E-state index in [1.54, 1.807) is 70.1 Å². The molecule has 84 heavy (non-hydrogen) atoms. The lowest BCUT2D eigenvalue weighted by molar-refractivity contribution is -0.383. The second-order valence-corrected chi connectivity index (χ2v) is 22.4. The van der Waals surface area contributed by atoms with Crippen LogP contribution in [-0.4, -0.2) is 41.2 Å². The largest absolute Gasteiger partial charge is 0.431 e. The highest BCUT2D eigenvalue weighted by atomic mass is 35.5. The minimum absolute atomic E-state index is 0.0198. The van der Waals surface area contributed by atoms with Crippen LogP contribution in [0.1, 0.15) is 124 Å². The van der Waals surface area contributed by atoms with Crippen molar-refractivity contribution in [3.05, 3.63) is 218 Å². The van der Waals surface area contributed by atoms with Gasteiger partial charge >= 0.3 is 5.63 Å². The Morgan fingerprint density at radius 1 is 0.560 bits per heavy atom. The fourth-order valence-electron chi connectivity index (χ4n) is 10.3. The third-order valence-corrected chi connectivity index (χ3v) is 14.9. The summed E-state index contributed by atoms with van der Waals surface area (Å²) >= 11 is 5.93. The number of carbonyl (C=O) groups excluding carboxylic acids is 1. The number of carbonyl (C=O) groups is 1. The molecule has 19 heteroatoms. The van der Waals surface area contributed by atoms with E-state index in [0.717, 1.165) is 42.9 Å². The van der Waals surface area contributed by atoms with E-state index in [-0.39, 0.29) is 70.0 Å². The minimum Gasteiger partial charge on any atom is -0.431 e. The number of nitrogen functional groups attached to an aromatic ring is 1. The highest BCUT2D eigenvalue weighted by Gasteiger charge is 2.21. The van der Waals surface area contributed by atoms with Crippen molar-refractivity contribution >= 4 is 83.3 Å². The molecule has 18 nitrogen and oxygen atoms in total. The van der Waals surface area contributed by atoms with E-state index >= 15 is 0 Å². The number of anilines is 2. The van der Waals surface area contributed by atoms with E-state index in [1.165, 1.54) is 30.3 Å². The molecule has 0 aliphatic heterocycles. The summed E-state index contributed by atoms with van der Waals surface area (Å²) in [5, 5.41) is 39.1. The molecule has 4 atom stereocenters. The Morgan fingerprint density at radius 3 is 1.46 bits per heavy atom. The number of nitro groups is 2. The van der Waals surface area contributed by atoms with Crippen molar-refractivity contribution in [2.45, 2.75) is 118 Å². The molecule has 0 saturated heterocycles. The van der Waals surface area contributed by atoms with Crippen LogP contribution in [-0.2, 0) is 4.79 Å². The molecule has 3 unspecified atom stereocenters. The van der Waals surface area contributed by atoms with Gasteiger partial charge in [-0.2, -0.15) is 0 Å². The van der Waals surface area contributed by atoms with Crippen molar-refractivity contribution in [1.29, 1.82) is 0 Å². The topological polar surface area (TPSA) is 258 Å². The summed E-state index contributed by atoms with van der Waals surface area (Å²) in [6, 6.07) is 33.9. The standard InChI is InChI=1S/C24H27ClN2O3.C16H20N2O3.C16H22N2O.C9H5NO4/c1-15(2)13-19(14-28)27-12-11-20-21(24(27)30)5-4-6-22(20)26-23(29)16(3)17-7-9-18(25)10-8-17;1-4-12(10-11(2)3)17-9-8-13-14(16(17)19)6-5-7-15(13)18(20)21;1-4-12(10-11(2)3)18-9-8-13-14(16(18)19)6-5-7-15(13)17;11-9-7-2-1-3-8(10(12)13)6(7)4-5-14-9/h4-12,15-16,19,28H,13-14H2,1-3H3,(H,26,29);5-9,11-12H,4,10H2,1-3H3;5-9,11-12H,4,10,17H2,1-3H3;1-5H/t16-,19?;;;/m1.../s1. The van der Waals surface area contributed by atoms with Crippen LogP contribution in [0, 0.1) is 38.0 Å². The molecule has 0 aliphatic carbocycles. The molecule has 9 aromatic rings. The number of fused-ring (bicyclic) bond motifs is 4. The summed E-state index contributed by atoms with van der Waals surface area (Å²) < 4.78 is 9.76. The number of nitro benzene ring substituents is 2. The first kappa shape index (κ1) is 64.4. The molecule has 442 valence electrons. The normalized spacial score (nSPS) is 12.6. The Kier molecular flexibility index (Phi) is 22.6. The van der Waals surface area contributed by atoms with Gasteiger partial charge in [0.2, 0.25) is 5.91 Å². The Labute approximate surface area is 491 Å². The van der Waals surface area contributed by atoms with Gasteiger partial charge in [-0.3, -0.25) is 39.4 Å². The molecule has 0 fully saturated rings. The Morgan fingerprint density at radius 2 is 0.976 bits per heavy atom. The van der Waals surface area contributed by atoms with Crippen LogP contribution in [0.5, 0.6) is 0 Å². The van der Waals surface area contributed by atoms with E-state index in [9.17, 15) is 49.3 Å².